The fourth-order valence-electron chi connectivity index (χ4n) is 1.99. The summed E-state index contributed by atoms with van der Waals surface area (Å²) in [4.78, 5) is 1.42. The van der Waals surface area contributed by atoms with Crippen LogP contribution in [0.5, 0.6) is 0 Å². The summed E-state index contributed by atoms with van der Waals surface area (Å²) >= 11 is 0. The second kappa shape index (κ2) is 4.67. The summed E-state index contributed by atoms with van der Waals surface area (Å²) < 4.78 is 0. The average Bonchev–Trinajstić information content (AvgIpc) is 2.65. The molecule has 1 aromatic heterocycles. The van der Waals surface area contributed by atoms with Crippen molar-refractivity contribution >= 4 is 0 Å². The van der Waals surface area contributed by atoms with Gasteiger partial charge in [0.05, 0.1) is 13.2 Å². The van der Waals surface area contributed by atoms with Crippen LogP contribution in [0.2, 0.25) is 0 Å². The van der Waals surface area contributed by atoms with E-state index in [9.17, 15) is 5.11 Å². The van der Waals surface area contributed by atoms with Gasteiger partial charge in [-0.3, -0.25) is 0 Å². The molecule has 1 aliphatic rings. The van der Waals surface area contributed by atoms with Crippen LogP contribution in [0.4, 0.5) is 0 Å². The van der Waals surface area contributed by atoms with E-state index in [4.69, 9.17) is 0 Å². The lowest BCUT2D eigenvalue weighted by molar-refractivity contribution is 0.0872. The van der Waals surface area contributed by atoms with Gasteiger partial charge in [0.15, 0.2) is 5.82 Å². The van der Waals surface area contributed by atoms with E-state index in [0.29, 0.717) is 18.2 Å². The zero-order valence-corrected chi connectivity index (χ0v) is 8.93. The normalized spacial score (nSPS) is 20.4. The zero-order chi connectivity index (χ0) is 10.7. The van der Waals surface area contributed by atoms with Crippen LogP contribution in [0.15, 0.2) is 0 Å². The Morgan fingerprint density at radius 3 is 2.87 bits per heavy atom. The topological polar surface area (TPSA) is 75.9 Å². The van der Waals surface area contributed by atoms with E-state index in [2.05, 4.69) is 20.7 Å². The molecule has 1 fully saturated rings. The minimum Gasteiger partial charge on any atom is -0.392 e. The highest BCUT2D eigenvalue weighted by Gasteiger charge is 2.22. The maximum absolute atomic E-state index is 9.99. The summed E-state index contributed by atoms with van der Waals surface area (Å²) in [5.74, 6) is 0.999. The van der Waals surface area contributed by atoms with Gasteiger partial charge in [0.1, 0.15) is 0 Å². The van der Waals surface area contributed by atoms with Crippen LogP contribution in [0.1, 0.15) is 18.7 Å². The van der Waals surface area contributed by atoms with Crippen molar-refractivity contribution in [1.29, 1.82) is 0 Å². The van der Waals surface area contributed by atoms with E-state index >= 15 is 0 Å². The van der Waals surface area contributed by atoms with Gasteiger partial charge in [-0.15, -0.1) is 10.2 Å². The van der Waals surface area contributed by atoms with Crippen LogP contribution in [0, 0.1) is 5.92 Å². The van der Waals surface area contributed by atoms with Crippen molar-refractivity contribution in [2.75, 3.05) is 13.1 Å². The monoisotopic (exact) mass is 211 g/mol. The van der Waals surface area contributed by atoms with Crippen molar-refractivity contribution in [3.63, 3.8) is 0 Å². The molecule has 2 heterocycles. The number of aliphatic hydroxyl groups is 1. The van der Waals surface area contributed by atoms with Crippen LogP contribution < -0.4 is 5.32 Å². The second-order valence-electron chi connectivity index (χ2n) is 4.05. The van der Waals surface area contributed by atoms with Crippen LogP contribution in [-0.4, -0.2) is 44.5 Å². The molecule has 1 saturated heterocycles. The van der Waals surface area contributed by atoms with E-state index in [1.54, 1.807) is 7.05 Å². The number of nitrogens with zero attached hydrogens (tertiary/aromatic N) is 4. The summed E-state index contributed by atoms with van der Waals surface area (Å²) in [6.45, 7) is 1.99. The number of hydrogen-bond acceptors (Lipinski definition) is 5. The van der Waals surface area contributed by atoms with Gasteiger partial charge in [0.2, 0.25) is 0 Å². The summed E-state index contributed by atoms with van der Waals surface area (Å²) in [5, 5.41) is 25.0. The highest BCUT2D eigenvalue weighted by Crippen LogP contribution is 2.18. The minimum absolute atomic E-state index is 0.337. The van der Waals surface area contributed by atoms with E-state index in [1.165, 1.54) is 4.80 Å². The number of aromatic nitrogens is 4. The predicted octanol–water partition coefficient (Wildman–Crippen LogP) is -0.887. The molecule has 0 amide bonds. The third-order valence-electron chi connectivity index (χ3n) is 2.87. The highest BCUT2D eigenvalue weighted by atomic mass is 16.3. The highest BCUT2D eigenvalue weighted by molar-refractivity contribution is 4.85. The van der Waals surface area contributed by atoms with Crippen molar-refractivity contribution in [1.82, 2.24) is 25.5 Å². The molecular formula is C9H17N5O. The Morgan fingerprint density at radius 1 is 1.53 bits per heavy atom. The number of aliphatic hydroxyl groups excluding tert-OH is 1. The predicted molar refractivity (Wildman–Crippen MR) is 54.1 cm³/mol. The molecule has 1 atom stereocenters. The summed E-state index contributed by atoms with van der Waals surface area (Å²) in [7, 11) is 1.73. The SMILES string of the molecule is Cn1nnc(CC(O)C2CCNCC2)n1. The molecule has 84 valence electrons. The molecular weight excluding hydrogens is 194 g/mol. The molecule has 0 radical (unpaired) electrons. The molecule has 1 aliphatic heterocycles. The van der Waals surface area contributed by atoms with Crippen molar-refractivity contribution in [3.8, 4) is 0 Å². The Kier molecular flexibility index (Phi) is 3.27. The van der Waals surface area contributed by atoms with Gasteiger partial charge in [0, 0.05) is 6.42 Å². The Hall–Kier alpha value is -1.01. The first-order valence-corrected chi connectivity index (χ1v) is 5.37. The number of aryl methyl sites for hydroxylation is 1. The smallest absolute Gasteiger partial charge is 0.177 e. The number of nitrogens with one attached hydrogen (secondary N) is 1. The van der Waals surface area contributed by atoms with Crippen molar-refractivity contribution < 1.29 is 5.11 Å². The molecule has 2 N–H and O–H groups in total. The minimum atomic E-state index is -0.337. The number of rotatable bonds is 3. The molecule has 15 heavy (non-hydrogen) atoms. The third kappa shape index (κ3) is 2.73. The quantitative estimate of drug-likeness (QED) is 0.678. The lowest BCUT2D eigenvalue weighted by Crippen LogP contribution is -2.35. The third-order valence-corrected chi connectivity index (χ3v) is 2.87. The molecule has 6 heteroatoms. The molecule has 0 aromatic carbocycles. The lowest BCUT2D eigenvalue weighted by Gasteiger charge is -2.26. The molecule has 2 rings (SSSR count). The van der Waals surface area contributed by atoms with Gasteiger partial charge in [0.25, 0.3) is 0 Å². The molecule has 1 aromatic rings. The van der Waals surface area contributed by atoms with Crippen LogP contribution >= 0.6 is 0 Å². The molecule has 0 spiro atoms. The average molecular weight is 211 g/mol. The molecule has 1 unspecified atom stereocenters. The van der Waals surface area contributed by atoms with E-state index in [-0.39, 0.29) is 6.10 Å². The van der Waals surface area contributed by atoms with E-state index in [0.717, 1.165) is 25.9 Å². The number of tetrazole rings is 1. The Labute approximate surface area is 88.7 Å². The van der Waals surface area contributed by atoms with Crippen molar-refractivity contribution in [2.45, 2.75) is 25.4 Å². The Morgan fingerprint density at radius 2 is 2.27 bits per heavy atom. The standard InChI is InChI=1S/C9H17N5O/c1-14-12-9(11-13-14)6-8(15)7-2-4-10-5-3-7/h7-8,10,15H,2-6H2,1H3. The molecule has 0 aliphatic carbocycles. The number of hydrogen-bond donors (Lipinski definition) is 2. The zero-order valence-electron chi connectivity index (χ0n) is 8.93. The maximum atomic E-state index is 9.99. The van der Waals surface area contributed by atoms with Gasteiger partial charge in [-0.1, -0.05) is 0 Å². The van der Waals surface area contributed by atoms with Gasteiger partial charge in [-0.2, -0.15) is 4.80 Å². The van der Waals surface area contributed by atoms with Crippen molar-refractivity contribution in [3.05, 3.63) is 5.82 Å². The first kappa shape index (κ1) is 10.5. The van der Waals surface area contributed by atoms with Crippen molar-refractivity contribution in [2.24, 2.45) is 13.0 Å². The molecule has 0 bridgehead atoms. The van der Waals surface area contributed by atoms with E-state index < -0.39 is 0 Å². The first-order chi connectivity index (χ1) is 7.25. The van der Waals surface area contributed by atoms with Crippen LogP contribution in [0.3, 0.4) is 0 Å². The van der Waals surface area contributed by atoms with E-state index in [1.807, 2.05) is 0 Å². The van der Waals surface area contributed by atoms with Crippen LogP contribution in [-0.2, 0) is 13.5 Å². The first-order valence-electron chi connectivity index (χ1n) is 5.37. The molecule has 0 saturated carbocycles. The summed E-state index contributed by atoms with van der Waals surface area (Å²) in [6, 6.07) is 0. The Bertz CT molecular complexity index is 307. The largest absolute Gasteiger partial charge is 0.392 e. The lowest BCUT2D eigenvalue weighted by atomic mass is 9.90. The maximum Gasteiger partial charge on any atom is 0.177 e. The Balaban J connectivity index is 1.88. The van der Waals surface area contributed by atoms with Gasteiger partial charge in [-0.25, -0.2) is 0 Å². The van der Waals surface area contributed by atoms with Gasteiger partial charge < -0.3 is 10.4 Å². The van der Waals surface area contributed by atoms with Crippen LogP contribution in [0.25, 0.3) is 0 Å². The summed E-state index contributed by atoms with van der Waals surface area (Å²) in [6.07, 6.45) is 2.23. The molecule has 6 nitrogen and oxygen atoms in total. The summed E-state index contributed by atoms with van der Waals surface area (Å²) in [5.41, 5.74) is 0. The van der Waals surface area contributed by atoms with Gasteiger partial charge >= 0.3 is 0 Å². The fourth-order valence-corrected chi connectivity index (χ4v) is 1.99. The number of piperidine rings is 1. The fraction of sp³-hybridized carbons (Fsp3) is 0.889. The van der Waals surface area contributed by atoms with Gasteiger partial charge in [-0.05, 0) is 37.1 Å². The second-order valence-corrected chi connectivity index (χ2v) is 4.05.